The second-order valence-electron chi connectivity index (χ2n) is 4.65. The van der Waals surface area contributed by atoms with Gasteiger partial charge in [0.2, 0.25) is 0 Å². The van der Waals surface area contributed by atoms with E-state index in [-0.39, 0.29) is 6.61 Å². The van der Waals surface area contributed by atoms with Crippen molar-refractivity contribution in [2.45, 2.75) is 13.3 Å². The monoisotopic (exact) mass is 250 g/mol. The lowest BCUT2D eigenvalue weighted by molar-refractivity contribution is 0.238. The number of anilines is 1. The molecule has 0 amide bonds. The van der Waals surface area contributed by atoms with Gasteiger partial charge in [0.25, 0.3) is 0 Å². The highest BCUT2D eigenvalue weighted by Gasteiger charge is 2.22. The lowest BCUT2D eigenvalue weighted by Gasteiger charge is -2.19. The van der Waals surface area contributed by atoms with Crippen LogP contribution in [0.3, 0.4) is 0 Å². The number of rotatable bonds is 3. The molecular weight excluding hydrogens is 232 g/mol. The van der Waals surface area contributed by atoms with Crippen LogP contribution >= 0.6 is 12.2 Å². The van der Waals surface area contributed by atoms with E-state index >= 15 is 0 Å². The topological polar surface area (TPSA) is 49.5 Å². The van der Waals surface area contributed by atoms with Crippen molar-refractivity contribution in [3.63, 3.8) is 0 Å². The van der Waals surface area contributed by atoms with Crippen molar-refractivity contribution in [1.29, 1.82) is 0 Å². The normalized spacial score (nSPS) is 19.6. The molecule has 0 aromatic heterocycles. The van der Waals surface area contributed by atoms with Gasteiger partial charge in [0.15, 0.2) is 0 Å². The van der Waals surface area contributed by atoms with Gasteiger partial charge in [-0.25, -0.2) is 0 Å². The molecule has 4 heteroatoms. The van der Waals surface area contributed by atoms with Crippen LogP contribution in [-0.2, 0) is 0 Å². The van der Waals surface area contributed by atoms with Gasteiger partial charge in [0, 0.05) is 36.9 Å². The quantitative estimate of drug-likeness (QED) is 0.797. The van der Waals surface area contributed by atoms with Gasteiger partial charge in [0.1, 0.15) is 4.99 Å². The second-order valence-corrected chi connectivity index (χ2v) is 5.09. The van der Waals surface area contributed by atoms with Crippen LogP contribution in [0.2, 0.25) is 0 Å². The first-order valence-corrected chi connectivity index (χ1v) is 6.29. The molecule has 0 bridgehead atoms. The fraction of sp³-hybridized carbons (Fsp3) is 0.462. The smallest absolute Gasteiger partial charge is 0.104 e. The lowest BCUT2D eigenvalue weighted by atomic mass is 10.1. The van der Waals surface area contributed by atoms with Crippen LogP contribution in [0.15, 0.2) is 18.2 Å². The molecule has 1 aromatic carbocycles. The summed E-state index contributed by atoms with van der Waals surface area (Å²) in [7, 11) is 0. The number of hydrogen-bond donors (Lipinski definition) is 2. The summed E-state index contributed by atoms with van der Waals surface area (Å²) >= 11 is 5.00. The van der Waals surface area contributed by atoms with Crippen LogP contribution in [0.5, 0.6) is 0 Å². The van der Waals surface area contributed by atoms with E-state index in [1.807, 2.05) is 13.0 Å². The summed E-state index contributed by atoms with van der Waals surface area (Å²) < 4.78 is 0. The zero-order valence-electron chi connectivity index (χ0n) is 10.0. The van der Waals surface area contributed by atoms with E-state index in [9.17, 15) is 0 Å². The Kier molecular flexibility index (Phi) is 3.64. The highest BCUT2D eigenvalue weighted by Crippen LogP contribution is 2.25. The van der Waals surface area contributed by atoms with Gasteiger partial charge in [-0.3, -0.25) is 0 Å². The van der Waals surface area contributed by atoms with Gasteiger partial charge < -0.3 is 15.7 Å². The summed E-state index contributed by atoms with van der Waals surface area (Å²) in [6.07, 6.45) is 1.06. The van der Waals surface area contributed by atoms with Gasteiger partial charge in [-0.1, -0.05) is 12.2 Å². The molecule has 0 saturated carbocycles. The Morgan fingerprint density at radius 3 is 2.88 bits per heavy atom. The van der Waals surface area contributed by atoms with E-state index in [1.165, 1.54) is 5.69 Å². The van der Waals surface area contributed by atoms with E-state index in [1.54, 1.807) is 0 Å². The predicted octanol–water partition coefficient (Wildman–Crippen LogP) is 1.45. The number of hydrogen-bond acceptors (Lipinski definition) is 3. The van der Waals surface area contributed by atoms with Crippen LogP contribution < -0.4 is 10.6 Å². The minimum absolute atomic E-state index is 0.278. The molecule has 1 unspecified atom stereocenters. The summed E-state index contributed by atoms with van der Waals surface area (Å²) in [6.45, 7) is 4.25. The zero-order valence-corrected chi connectivity index (χ0v) is 10.8. The van der Waals surface area contributed by atoms with Gasteiger partial charge in [-0.2, -0.15) is 0 Å². The molecule has 1 atom stereocenters. The molecule has 0 radical (unpaired) electrons. The van der Waals surface area contributed by atoms with Crippen molar-refractivity contribution < 1.29 is 5.11 Å². The minimum Gasteiger partial charge on any atom is -0.396 e. The average molecular weight is 250 g/mol. The largest absolute Gasteiger partial charge is 0.396 e. The van der Waals surface area contributed by atoms with Crippen molar-refractivity contribution >= 4 is 22.9 Å². The molecule has 17 heavy (non-hydrogen) atoms. The average Bonchev–Trinajstić information content (AvgIpc) is 2.76. The minimum atomic E-state index is 0.278. The number of nitrogens with zero attached hydrogens (tertiary/aromatic N) is 1. The third-order valence-corrected chi connectivity index (χ3v) is 3.60. The SMILES string of the molecule is Cc1cc(N2CCC(CO)C2)ccc1C(N)=S. The first-order chi connectivity index (χ1) is 8.11. The van der Waals surface area contributed by atoms with Crippen LogP contribution in [0.25, 0.3) is 0 Å². The number of aryl methyl sites for hydroxylation is 1. The van der Waals surface area contributed by atoms with Crippen molar-refractivity contribution in [1.82, 2.24) is 0 Å². The second kappa shape index (κ2) is 5.02. The Labute approximate surface area is 107 Å². The molecule has 1 aliphatic heterocycles. The molecular formula is C13H18N2OS. The van der Waals surface area contributed by atoms with Crippen molar-refractivity contribution in [3.8, 4) is 0 Å². The molecule has 92 valence electrons. The first kappa shape index (κ1) is 12.3. The fourth-order valence-electron chi connectivity index (χ4n) is 2.34. The van der Waals surface area contributed by atoms with Crippen molar-refractivity contribution in [2.75, 3.05) is 24.6 Å². The van der Waals surface area contributed by atoms with E-state index in [0.29, 0.717) is 10.9 Å². The Morgan fingerprint density at radius 1 is 1.59 bits per heavy atom. The van der Waals surface area contributed by atoms with Gasteiger partial charge >= 0.3 is 0 Å². The van der Waals surface area contributed by atoms with Crippen LogP contribution in [0.1, 0.15) is 17.5 Å². The molecule has 1 aliphatic rings. The Bertz CT molecular complexity index is 433. The maximum atomic E-state index is 9.14. The van der Waals surface area contributed by atoms with Gasteiger partial charge in [-0.05, 0) is 37.1 Å². The Morgan fingerprint density at radius 2 is 2.35 bits per heavy atom. The first-order valence-electron chi connectivity index (χ1n) is 5.88. The number of aliphatic hydroxyl groups is 1. The molecule has 0 aliphatic carbocycles. The third kappa shape index (κ3) is 2.58. The molecule has 3 nitrogen and oxygen atoms in total. The maximum absolute atomic E-state index is 9.14. The fourth-order valence-corrected chi connectivity index (χ4v) is 2.57. The van der Waals surface area contributed by atoms with Crippen LogP contribution in [0.4, 0.5) is 5.69 Å². The number of aliphatic hydroxyl groups excluding tert-OH is 1. The molecule has 1 fully saturated rings. The molecule has 3 N–H and O–H groups in total. The standard InChI is InChI=1S/C13H18N2OS/c1-9-6-11(2-3-12(9)13(14)17)15-5-4-10(7-15)8-16/h2-3,6,10,16H,4-5,7-8H2,1H3,(H2,14,17). The van der Waals surface area contributed by atoms with Gasteiger partial charge in [-0.15, -0.1) is 0 Å². The van der Waals surface area contributed by atoms with Crippen LogP contribution in [-0.4, -0.2) is 29.8 Å². The molecule has 1 saturated heterocycles. The number of benzene rings is 1. The molecule has 1 aromatic rings. The number of nitrogens with two attached hydrogens (primary N) is 1. The molecule has 2 rings (SSSR count). The van der Waals surface area contributed by atoms with Crippen molar-refractivity contribution in [2.24, 2.45) is 11.7 Å². The summed E-state index contributed by atoms with van der Waals surface area (Å²) in [5, 5.41) is 9.14. The van der Waals surface area contributed by atoms with Gasteiger partial charge in [0.05, 0.1) is 0 Å². The lowest BCUT2D eigenvalue weighted by Crippen LogP contribution is -2.21. The van der Waals surface area contributed by atoms with E-state index in [4.69, 9.17) is 23.1 Å². The van der Waals surface area contributed by atoms with E-state index in [0.717, 1.165) is 30.6 Å². The molecule has 0 spiro atoms. The Balaban J connectivity index is 2.18. The summed E-state index contributed by atoms with van der Waals surface area (Å²) in [5.41, 5.74) is 8.90. The summed E-state index contributed by atoms with van der Waals surface area (Å²) in [4.78, 5) is 2.75. The van der Waals surface area contributed by atoms with E-state index in [2.05, 4.69) is 17.0 Å². The highest BCUT2D eigenvalue weighted by molar-refractivity contribution is 7.80. The summed E-state index contributed by atoms with van der Waals surface area (Å²) in [6, 6.07) is 6.16. The van der Waals surface area contributed by atoms with Crippen molar-refractivity contribution in [3.05, 3.63) is 29.3 Å². The molecule has 1 heterocycles. The van der Waals surface area contributed by atoms with E-state index < -0.39 is 0 Å². The maximum Gasteiger partial charge on any atom is 0.104 e. The predicted molar refractivity (Wildman–Crippen MR) is 74.5 cm³/mol. The highest BCUT2D eigenvalue weighted by atomic mass is 32.1. The number of thiocarbonyl (C=S) groups is 1. The summed E-state index contributed by atoms with van der Waals surface area (Å²) in [5.74, 6) is 0.408. The third-order valence-electron chi connectivity index (χ3n) is 3.38. The zero-order chi connectivity index (χ0) is 12.4. The Hall–Kier alpha value is -1.13. The van der Waals surface area contributed by atoms with Crippen LogP contribution in [0, 0.1) is 12.8 Å².